The van der Waals surface area contributed by atoms with Gasteiger partial charge in [-0.3, -0.25) is 4.90 Å². The van der Waals surface area contributed by atoms with E-state index in [-0.39, 0.29) is 0 Å². The highest BCUT2D eigenvalue weighted by Gasteiger charge is 2.25. The average molecular weight is 265 g/mol. The van der Waals surface area contributed by atoms with Crippen molar-refractivity contribution in [3.8, 4) is 0 Å². The van der Waals surface area contributed by atoms with E-state index < -0.39 is 0 Å². The van der Waals surface area contributed by atoms with E-state index >= 15 is 0 Å². The molecule has 0 aromatic carbocycles. The number of likely N-dealkylation sites (tertiary alicyclic amines) is 2. The third kappa shape index (κ3) is 4.90. The molecule has 0 bridgehead atoms. The quantitative estimate of drug-likeness (QED) is 0.784. The molecule has 110 valence electrons. The van der Waals surface area contributed by atoms with Gasteiger partial charge in [-0.05, 0) is 45.3 Å². The van der Waals surface area contributed by atoms with Gasteiger partial charge in [0.1, 0.15) is 0 Å². The van der Waals surface area contributed by atoms with Gasteiger partial charge in [-0.1, -0.05) is 26.0 Å². The Morgan fingerprint density at radius 1 is 1.32 bits per heavy atom. The van der Waals surface area contributed by atoms with E-state index in [0.29, 0.717) is 12.1 Å². The van der Waals surface area contributed by atoms with Gasteiger partial charge in [-0.25, -0.2) is 0 Å². The van der Waals surface area contributed by atoms with Crippen LogP contribution in [0, 0.1) is 5.92 Å². The van der Waals surface area contributed by atoms with Crippen molar-refractivity contribution >= 4 is 0 Å². The molecule has 0 saturated carbocycles. The molecule has 0 aromatic heterocycles. The maximum Gasteiger partial charge on any atom is 0.0235 e. The Bertz CT molecular complexity index is 292. The monoisotopic (exact) mass is 265 g/mol. The highest BCUT2D eigenvalue weighted by atomic mass is 15.2. The lowest BCUT2D eigenvalue weighted by Gasteiger charge is -2.39. The molecule has 0 radical (unpaired) electrons. The number of hydrogen-bond acceptors (Lipinski definition) is 3. The van der Waals surface area contributed by atoms with Crippen molar-refractivity contribution in [3.63, 3.8) is 0 Å². The van der Waals surface area contributed by atoms with Crippen LogP contribution >= 0.6 is 0 Å². The van der Waals surface area contributed by atoms with Crippen LogP contribution < -0.4 is 5.32 Å². The van der Waals surface area contributed by atoms with Crippen molar-refractivity contribution in [3.05, 3.63) is 12.2 Å². The molecule has 2 aliphatic heterocycles. The van der Waals surface area contributed by atoms with Gasteiger partial charge in [0.25, 0.3) is 0 Å². The summed E-state index contributed by atoms with van der Waals surface area (Å²) in [4.78, 5) is 5.08. The maximum atomic E-state index is 4.24. The van der Waals surface area contributed by atoms with Crippen molar-refractivity contribution < 1.29 is 0 Å². The van der Waals surface area contributed by atoms with Gasteiger partial charge < -0.3 is 10.2 Å². The van der Waals surface area contributed by atoms with Crippen LogP contribution in [0.4, 0.5) is 0 Å². The fourth-order valence-corrected chi connectivity index (χ4v) is 3.50. The molecule has 2 aliphatic rings. The van der Waals surface area contributed by atoms with Crippen LogP contribution in [0.25, 0.3) is 0 Å². The van der Waals surface area contributed by atoms with E-state index in [9.17, 15) is 0 Å². The summed E-state index contributed by atoms with van der Waals surface area (Å²) in [6.07, 6.45) is 3.88. The summed E-state index contributed by atoms with van der Waals surface area (Å²) in [5.41, 5.74) is 1.40. The zero-order valence-electron chi connectivity index (χ0n) is 13.0. The third-order valence-corrected chi connectivity index (χ3v) is 4.38. The van der Waals surface area contributed by atoms with Gasteiger partial charge >= 0.3 is 0 Å². The van der Waals surface area contributed by atoms with Gasteiger partial charge in [0.05, 0.1) is 0 Å². The molecule has 0 spiro atoms. The lowest BCUT2D eigenvalue weighted by molar-refractivity contribution is 0.145. The minimum atomic E-state index is 0.570. The Morgan fingerprint density at radius 3 is 2.63 bits per heavy atom. The summed E-state index contributed by atoms with van der Waals surface area (Å²) in [6, 6.07) is 1.17. The molecule has 2 saturated heterocycles. The van der Waals surface area contributed by atoms with E-state index in [1.807, 2.05) is 0 Å². The van der Waals surface area contributed by atoms with Crippen molar-refractivity contribution in [1.82, 2.24) is 15.1 Å². The summed E-state index contributed by atoms with van der Waals surface area (Å²) >= 11 is 0. The van der Waals surface area contributed by atoms with Crippen LogP contribution in [0.1, 0.15) is 33.1 Å². The normalized spacial score (nSPS) is 28.2. The molecule has 3 nitrogen and oxygen atoms in total. The largest absolute Gasteiger partial charge is 0.310 e. The first-order chi connectivity index (χ1) is 9.02. The lowest BCUT2D eigenvalue weighted by Crippen LogP contribution is -2.50. The standard InChI is InChI=1S/C16H31N3/c1-13(2)17-16-9-14(3)10-19(12-16)11-15-5-7-18(4)8-6-15/h13,15-17H,3,5-12H2,1-2,4H3. The third-order valence-electron chi connectivity index (χ3n) is 4.38. The Morgan fingerprint density at radius 2 is 2.00 bits per heavy atom. The van der Waals surface area contributed by atoms with E-state index in [1.165, 1.54) is 44.6 Å². The molecule has 1 unspecified atom stereocenters. The summed E-state index contributed by atoms with van der Waals surface area (Å²) < 4.78 is 0. The predicted molar refractivity (Wildman–Crippen MR) is 82.5 cm³/mol. The highest BCUT2D eigenvalue weighted by molar-refractivity contribution is 5.06. The fourth-order valence-electron chi connectivity index (χ4n) is 3.50. The first-order valence-corrected chi connectivity index (χ1v) is 7.86. The first-order valence-electron chi connectivity index (χ1n) is 7.86. The number of nitrogens with one attached hydrogen (secondary N) is 1. The topological polar surface area (TPSA) is 18.5 Å². The van der Waals surface area contributed by atoms with Crippen LogP contribution in [0.15, 0.2) is 12.2 Å². The van der Waals surface area contributed by atoms with Crippen molar-refractivity contribution in [2.75, 3.05) is 39.8 Å². The van der Waals surface area contributed by atoms with Crippen molar-refractivity contribution in [1.29, 1.82) is 0 Å². The molecule has 2 heterocycles. The molecular weight excluding hydrogens is 234 g/mol. The van der Waals surface area contributed by atoms with Gasteiger partial charge in [-0.2, -0.15) is 0 Å². The predicted octanol–water partition coefficient (Wildman–Crippen LogP) is 1.96. The molecule has 2 rings (SSSR count). The SMILES string of the molecule is C=C1CC(NC(C)C)CN(CC2CCN(C)CC2)C1. The Hall–Kier alpha value is -0.380. The summed E-state index contributed by atoms with van der Waals surface area (Å²) in [5, 5.41) is 3.68. The van der Waals surface area contributed by atoms with Crippen LogP contribution in [0.5, 0.6) is 0 Å². The Balaban J connectivity index is 1.80. The number of piperidine rings is 2. The van der Waals surface area contributed by atoms with E-state index in [0.717, 1.165) is 18.9 Å². The number of hydrogen-bond donors (Lipinski definition) is 1. The first kappa shape index (κ1) is 15.0. The minimum Gasteiger partial charge on any atom is -0.310 e. The van der Waals surface area contributed by atoms with Crippen LogP contribution in [-0.4, -0.2) is 61.7 Å². The number of rotatable bonds is 4. The van der Waals surface area contributed by atoms with Crippen LogP contribution in [-0.2, 0) is 0 Å². The molecular formula is C16H31N3. The molecule has 0 aromatic rings. The smallest absolute Gasteiger partial charge is 0.0235 e. The summed E-state index contributed by atoms with van der Waals surface area (Å²) in [5.74, 6) is 0.891. The highest BCUT2D eigenvalue weighted by Crippen LogP contribution is 2.21. The van der Waals surface area contributed by atoms with Gasteiger partial charge in [0, 0.05) is 31.7 Å². The zero-order chi connectivity index (χ0) is 13.8. The van der Waals surface area contributed by atoms with Crippen LogP contribution in [0.3, 0.4) is 0 Å². The van der Waals surface area contributed by atoms with Crippen molar-refractivity contribution in [2.24, 2.45) is 5.92 Å². The summed E-state index contributed by atoms with van der Waals surface area (Å²) in [7, 11) is 2.24. The van der Waals surface area contributed by atoms with Gasteiger partial charge in [0.15, 0.2) is 0 Å². The van der Waals surface area contributed by atoms with Gasteiger partial charge in [0.2, 0.25) is 0 Å². The second-order valence-electron chi connectivity index (χ2n) is 6.91. The van der Waals surface area contributed by atoms with Gasteiger partial charge in [-0.15, -0.1) is 0 Å². The van der Waals surface area contributed by atoms with Crippen molar-refractivity contribution in [2.45, 2.75) is 45.2 Å². The Labute approximate surface area is 119 Å². The second kappa shape index (κ2) is 6.87. The number of nitrogens with zero attached hydrogens (tertiary/aromatic N) is 2. The minimum absolute atomic E-state index is 0.570. The molecule has 0 amide bonds. The van der Waals surface area contributed by atoms with E-state index in [4.69, 9.17) is 0 Å². The molecule has 2 fully saturated rings. The fraction of sp³-hybridized carbons (Fsp3) is 0.875. The molecule has 19 heavy (non-hydrogen) atoms. The van der Waals surface area contributed by atoms with Crippen LogP contribution in [0.2, 0.25) is 0 Å². The molecule has 1 N–H and O–H groups in total. The maximum absolute atomic E-state index is 4.24. The molecule has 1 atom stereocenters. The molecule has 3 heteroatoms. The second-order valence-corrected chi connectivity index (χ2v) is 6.91. The average Bonchev–Trinajstić information content (AvgIpc) is 2.30. The van der Waals surface area contributed by atoms with E-state index in [2.05, 4.69) is 42.6 Å². The summed E-state index contributed by atoms with van der Waals surface area (Å²) in [6.45, 7) is 14.8. The lowest BCUT2D eigenvalue weighted by atomic mass is 9.94. The molecule has 0 aliphatic carbocycles. The van der Waals surface area contributed by atoms with E-state index in [1.54, 1.807) is 0 Å². The Kier molecular flexibility index (Phi) is 5.43. The zero-order valence-corrected chi connectivity index (χ0v) is 13.0.